The number of benzene rings is 1. The molecule has 0 radical (unpaired) electrons. The summed E-state index contributed by atoms with van der Waals surface area (Å²) in [6.07, 6.45) is 0.781. The number of nitrogens with zero attached hydrogens (tertiary/aromatic N) is 1. The first-order valence-electron chi connectivity index (χ1n) is 5.61. The van der Waals surface area contributed by atoms with Gasteiger partial charge in [-0.15, -0.1) is 0 Å². The zero-order chi connectivity index (χ0) is 13.0. The summed E-state index contributed by atoms with van der Waals surface area (Å²) < 4.78 is 6.30. The van der Waals surface area contributed by atoms with E-state index >= 15 is 0 Å². The van der Waals surface area contributed by atoms with Crippen molar-refractivity contribution in [3.8, 4) is 5.75 Å². The highest BCUT2D eigenvalue weighted by Crippen LogP contribution is 2.25. The molecule has 0 unspecified atom stereocenters. The van der Waals surface area contributed by atoms with Gasteiger partial charge in [-0.3, -0.25) is 4.79 Å². The maximum atomic E-state index is 11.3. The zero-order valence-corrected chi connectivity index (χ0v) is 11.3. The molecule has 6 heteroatoms. The summed E-state index contributed by atoms with van der Waals surface area (Å²) in [6.45, 7) is 2.38. The van der Waals surface area contributed by atoms with Gasteiger partial charge in [0.05, 0.1) is 11.0 Å². The molecule has 0 spiro atoms. The van der Waals surface area contributed by atoms with Gasteiger partial charge in [-0.1, -0.05) is 0 Å². The number of aldehydes is 1. The smallest absolute Gasteiger partial charge is 0.317 e. The Balaban J connectivity index is 1.86. The molecule has 2 amide bonds. The van der Waals surface area contributed by atoms with Crippen LogP contribution in [0.25, 0.3) is 0 Å². The number of hydrogen-bond acceptors (Lipinski definition) is 3. The molecular weight excluding hydrogens is 300 g/mol. The van der Waals surface area contributed by atoms with E-state index in [-0.39, 0.29) is 6.03 Å². The minimum atomic E-state index is -0.0473. The van der Waals surface area contributed by atoms with Crippen LogP contribution in [-0.2, 0) is 0 Å². The normalized spacial score (nSPS) is 14.5. The van der Waals surface area contributed by atoms with Gasteiger partial charge in [0.1, 0.15) is 18.6 Å². The van der Waals surface area contributed by atoms with E-state index in [1.54, 1.807) is 23.1 Å². The third kappa shape index (κ3) is 3.01. The van der Waals surface area contributed by atoms with E-state index in [4.69, 9.17) is 4.74 Å². The second-order valence-corrected chi connectivity index (χ2v) is 4.73. The number of amides is 2. The molecule has 1 N–H and O–H groups in total. The molecule has 18 heavy (non-hydrogen) atoms. The van der Waals surface area contributed by atoms with Gasteiger partial charge in [-0.25, -0.2) is 4.79 Å². The number of rotatable bonds is 5. The van der Waals surface area contributed by atoms with Crippen LogP contribution < -0.4 is 10.1 Å². The Labute approximate surface area is 113 Å². The summed E-state index contributed by atoms with van der Waals surface area (Å²) in [6, 6.07) is 5.08. The van der Waals surface area contributed by atoms with Crippen molar-refractivity contribution >= 4 is 28.2 Å². The fourth-order valence-electron chi connectivity index (χ4n) is 1.70. The van der Waals surface area contributed by atoms with Crippen molar-refractivity contribution in [3.63, 3.8) is 0 Å². The van der Waals surface area contributed by atoms with Crippen LogP contribution in [0.1, 0.15) is 10.4 Å². The fourth-order valence-corrected chi connectivity index (χ4v) is 2.21. The van der Waals surface area contributed by atoms with E-state index < -0.39 is 0 Å². The van der Waals surface area contributed by atoms with Crippen LogP contribution in [0, 0.1) is 0 Å². The Morgan fingerprint density at radius 1 is 1.50 bits per heavy atom. The van der Waals surface area contributed by atoms with Crippen molar-refractivity contribution in [1.29, 1.82) is 0 Å². The molecule has 0 aliphatic carbocycles. The van der Waals surface area contributed by atoms with Crippen LogP contribution in [0.3, 0.4) is 0 Å². The Kier molecular flexibility index (Phi) is 4.19. The highest BCUT2D eigenvalue weighted by atomic mass is 79.9. The molecule has 1 aliphatic rings. The Hall–Kier alpha value is -1.56. The second-order valence-electron chi connectivity index (χ2n) is 3.88. The largest absolute Gasteiger partial charge is 0.491 e. The number of urea groups is 1. The molecule has 0 bridgehead atoms. The summed E-state index contributed by atoms with van der Waals surface area (Å²) in [5, 5.41) is 2.73. The van der Waals surface area contributed by atoms with E-state index in [9.17, 15) is 9.59 Å². The quantitative estimate of drug-likeness (QED) is 0.841. The lowest BCUT2D eigenvalue weighted by Crippen LogP contribution is -2.31. The van der Waals surface area contributed by atoms with Gasteiger partial charge in [0.2, 0.25) is 0 Å². The average Bonchev–Trinajstić information content (AvgIpc) is 2.77. The Morgan fingerprint density at radius 2 is 2.33 bits per heavy atom. The first-order valence-corrected chi connectivity index (χ1v) is 6.40. The number of ether oxygens (including phenoxy) is 1. The van der Waals surface area contributed by atoms with Gasteiger partial charge in [-0.05, 0) is 34.1 Å². The minimum absolute atomic E-state index is 0.0473. The third-order valence-electron chi connectivity index (χ3n) is 2.66. The van der Waals surface area contributed by atoms with Crippen LogP contribution in [0.2, 0.25) is 0 Å². The van der Waals surface area contributed by atoms with Gasteiger partial charge in [-0.2, -0.15) is 0 Å². The molecule has 0 atom stereocenters. The topological polar surface area (TPSA) is 58.6 Å². The van der Waals surface area contributed by atoms with Crippen molar-refractivity contribution in [2.24, 2.45) is 0 Å². The van der Waals surface area contributed by atoms with Crippen molar-refractivity contribution in [2.75, 3.05) is 26.2 Å². The molecule has 0 aromatic heterocycles. The SMILES string of the molecule is O=Cc1ccc(OCCN2CCNC2=O)c(Br)c1. The predicted octanol–water partition coefficient (Wildman–Crippen LogP) is 1.67. The lowest BCUT2D eigenvalue weighted by molar-refractivity contribution is 0.112. The van der Waals surface area contributed by atoms with Crippen LogP contribution in [0.15, 0.2) is 22.7 Å². The van der Waals surface area contributed by atoms with Crippen molar-refractivity contribution in [3.05, 3.63) is 28.2 Å². The van der Waals surface area contributed by atoms with Gasteiger partial charge in [0.25, 0.3) is 0 Å². The number of halogens is 1. The molecule has 2 rings (SSSR count). The number of hydrogen-bond donors (Lipinski definition) is 1. The average molecular weight is 313 g/mol. The van der Waals surface area contributed by atoms with Crippen LogP contribution in [0.4, 0.5) is 4.79 Å². The Morgan fingerprint density at radius 3 is 2.94 bits per heavy atom. The summed E-state index contributed by atoms with van der Waals surface area (Å²) in [5.41, 5.74) is 0.591. The van der Waals surface area contributed by atoms with E-state index in [0.29, 0.717) is 37.6 Å². The summed E-state index contributed by atoms with van der Waals surface area (Å²) in [5.74, 6) is 0.667. The monoisotopic (exact) mass is 312 g/mol. The van der Waals surface area contributed by atoms with Crippen molar-refractivity contribution in [1.82, 2.24) is 10.2 Å². The molecule has 1 heterocycles. The van der Waals surface area contributed by atoms with E-state index in [1.165, 1.54) is 0 Å². The van der Waals surface area contributed by atoms with E-state index in [1.807, 2.05) is 0 Å². The lowest BCUT2D eigenvalue weighted by Gasteiger charge is -2.15. The van der Waals surface area contributed by atoms with Crippen LogP contribution in [-0.4, -0.2) is 43.5 Å². The lowest BCUT2D eigenvalue weighted by atomic mass is 10.2. The molecular formula is C12H13BrN2O3. The molecule has 1 aromatic rings. The second kappa shape index (κ2) is 5.86. The van der Waals surface area contributed by atoms with Crippen LogP contribution in [0.5, 0.6) is 5.75 Å². The Bertz CT molecular complexity index is 465. The van der Waals surface area contributed by atoms with Crippen LogP contribution >= 0.6 is 15.9 Å². The maximum absolute atomic E-state index is 11.3. The van der Waals surface area contributed by atoms with Crippen molar-refractivity contribution in [2.45, 2.75) is 0 Å². The minimum Gasteiger partial charge on any atom is -0.491 e. The van der Waals surface area contributed by atoms with E-state index in [2.05, 4.69) is 21.2 Å². The summed E-state index contributed by atoms with van der Waals surface area (Å²) >= 11 is 3.34. The standard InChI is InChI=1S/C12H13BrN2O3/c13-10-7-9(8-16)1-2-11(10)18-6-5-15-4-3-14-12(15)17/h1-2,7-8H,3-6H2,(H,14,17). The molecule has 5 nitrogen and oxygen atoms in total. The first kappa shape index (κ1) is 12.9. The number of nitrogens with one attached hydrogen (secondary N) is 1. The van der Waals surface area contributed by atoms with Gasteiger partial charge in [0.15, 0.2) is 0 Å². The summed E-state index contributed by atoms with van der Waals surface area (Å²) in [4.78, 5) is 23.6. The molecule has 0 saturated carbocycles. The highest BCUT2D eigenvalue weighted by molar-refractivity contribution is 9.10. The predicted molar refractivity (Wildman–Crippen MR) is 70.0 cm³/mol. The van der Waals surface area contributed by atoms with Crippen molar-refractivity contribution < 1.29 is 14.3 Å². The maximum Gasteiger partial charge on any atom is 0.317 e. The summed E-state index contributed by atoms with van der Waals surface area (Å²) in [7, 11) is 0. The molecule has 1 aliphatic heterocycles. The molecule has 1 saturated heterocycles. The molecule has 1 fully saturated rings. The third-order valence-corrected chi connectivity index (χ3v) is 3.28. The zero-order valence-electron chi connectivity index (χ0n) is 9.69. The fraction of sp³-hybridized carbons (Fsp3) is 0.333. The van der Waals surface area contributed by atoms with Gasteiger partial charge in [0, 0.05) is 18.7 Å². The van der Waals surface area contributed by atoms with E-state index in [0.717, 1.165) is 10.8 Å². The van der Waals surface area contributed by atoms with Gasteiger partial charge >= 0.3 is 6.03 Å². The first-order chi connectivity index (χ1) is 8.70. The highest BCUT2D eigenvalue weighted by Gasteiger charge is 2.18. The molecule has 1 aromatic carbocycles. The number of carbonyl (C=O) groups excluding carboxylic acids is 2. The van der Waals surface area contributed by atoms with Gasteiger partial charge < -0.3 is 15.0 Å². The molecule has 96 valence electrons. The number of carbonyl (C=O) groups is 2.